The Balaban J connectivity index is 0.000000311. The maximum absolute atomic E-state index is 14.4. The highest BCUT2D eigenvalue weighted by molar-refractivity contribution is 7.90. The molecule has 0 aliphatic heterocycles. The molecule has 26 heteroatoms. The Kier molecular flexibility index (Phi) is 16.9. The van der Waals surface area contributed by atoms with Crippen LogP contribution in [0, 0.1) is 31.3 Å². The number of rotatable bonds is 11. The molecular weight excluding hydrogens is 1020 g/mol. The normalized spacial score (nSPS) is 12.3. The Labute approximate surface area is 399 Å². The van der Waals surface area contributed by atoms with Crippen molar-refractivity contribution in [3.05, 3.63) is 152 Å². The lowest BCUT2D eigenvalue weighted by molar-refractivity contribution is -0.348. The average molecular weight is 1060 g/mol. The van der Waals surface area contributed by atoms with Gasteiger partial charge in [0, 0.05) is 29.1 Å². The number of imide groups is 1. The van der Waals surface area contributed by atoms with Crippen LogP contribution in [0.15, 0.2) is 91.0 Å². The zero-order valence-corrected chi connectivity index (χ0v) is 38.5. The lowest BCUT2D eigenvalue weighted by Gasteiger charge is -2.30. The molecule has 11 nitrogen and oxygen atoms in total. The van der Waals surface area contributed by atoms with Gasteiger partial charge in [0.05, 0.1) is 33.2 Å². The maximum Gasteiger partial charge on any atom is 0.435 e. The molecule has 5 rings (SSSR count). The molecule has 4 N–H and O–H groups in total. The number of halogens is 14. The maximum atomic E-state index is 14.4. The number of anilines is 2. The van der Waals surface area contributed by atoms with E-state index in [0.29, 0.717) is 23.8 Å². The number of alkyl halides is 10. The number of sulfone groups is 1. The summed E-state index contributed by atoms with van der Waals surface area (Å²) in [5.74, 6) is -7.30. The van der Waals surface area contributed by atoms with E-state index < -0.39 is 109 Å². The van der Waals surface area contributed by atoms with Gasteiger partial charge < -0.3 is 20.7 Å². The first kappa shape index (κ1) is 56.7. The summed E-state index contributed by atoms with van der Waals surface area (Å²) in [5, 5.41) is 8.11. The standard InChI is InChI=1S/C24H25F7N2O4S.C21H11ClF6N2O3/c1-13-7-6-8-16(18(13)20(35)33-21(3,4)12-38(5,36)37)19(34)32-17-10-9-15(11-14(17)2)22(25,23(26,27)28)24(29,30)31;22-12-8-10(21(26,27)28)4-7-17(12)33-11-5-6-16(15(25)9-11)29-20(32)30-19(31)18-13(23)2-1-3-14(18)24/h6-11H,12H2,1-5H3,(H,32,34)(H,33,35);1-9H,(H2,29,30,31,32). The van der Waals surface area contributed by atoms with E-state index in [0.717, 1.165) is 61.7 Å². The zero-order valence-electron chi connectivity index (χ0n) is 36.9. The van der Waals surface area contributed by atoms with Gasteiger partial charge in [0.25, 0.3) is 17.7 Å². The van der Waals surface area contributed by atoms with E-state index in [2.05, 4.69) is 10.6 Å². The molecule has 5 aromatic carbocycles. The van der Waals surface area contributed by atoms with Gasteiger partial charge in [-0.15, -0.1) is 0 Å². The Morgan fingerprint density at radius 2 is 1.18 bits per heavy atom. The average Bonchev–Trinajstić information content (AvgIpc) is 3.20. The summed E-state index contributed by atoms with van der Waals surface area (Å²) in [6.07, 6.45) is -16.2. The number of benzene rings is 5. The van der Waals surface area contributed by atoms with Crippen LogP contribution in [-0.4, -0.2) is 62.1 Å². The number of carbonyl (C=O) groups is 4. The number of hydrogen-bond acceptors (Lipinski definition) is 7. The quantitative estimate of drug-likeness (QED) is 0.0958. The molecule has 0 bridgehead atoms. The first-order valence-electron chi connectivity index (χ1n) is 19.7. The lowest BCUT2D eigenvalue weighted by atomic mass is 9.92. The van der Waals surface area contributed by atoms with Crippen LogP contribution in [0.1, 0.15) is 67.2 Å². The molecular formula is C45H36ClF13N4O7S. The second-order valence-electron chi connectivity index (χ2n) is 15.9. The van der Waals surface area contributed by atoms with E-state index in [1.54, 1.807) is 5.32 Å². The van der Waals surface area contributed by atoms with E-state index in [9.17, 15) is 84.7 Å². The summed E-state index contributed by atoms with van der Waals surface area (Å²) >= 11 is 5.78. The largest absolute Gasteiger partial charge is 0.456 e. The topological polar surface area (TPSA) is 160 Å². The molecule has 0 aliphatic rings. The smallest absolute Gasteiger partial charge is 0.435 e. The summed E-state index contributed by atoms with van der Waals surface area (Å²) in [6, 6.07) is 12.2. The summed E-state index contributed by atoms with van der Waals surface area (Å²) in [6.45, 7) is 5.50. The minimum atomic E-state index is -6.29. The Morgan fingerprint density at radius 1 is 0.620 bits per heavy atom. The summed E-state index contributed by atoms with van der Waals surface area (Å²) in [5.41, 5.74) is -11.5. The number of hydrogen-bond donors (Lipinski definition) is 4. The fourth-order valence-corrected chi connectivity index (χ4v) is 8.10. The third-order valence-electron chi connectivity index (χ3n) is 9.57. The third kappa shape index (κ3) is 14.1. The van der Waals surface area contributed by atoms with Crippen molar-refractivity contribution in [3.63, 3.8) is 0 Å². The van der Waals surface area contributed by atoms with Crippen molar-refractivity contribution in [2.24, 2.45) is 0 Å². The van der Waals surface area contributed by atoms with Gasteiger partial charge in [0.15, 0.2) is 0 Å². The molecule has 0 spiro atoms. The third-order valence-corrected chi connectivity index (χ3v) is 11.1. The predicted octanol–water partition coefficient (Wildman–Crippen LogP) is 11.9. The predicted molar refractivity (Wildman–Crippen MR) is 232 cm³/mol. The van der Waals surface area contributed by atoms with Crippen LogP contribution in [0.4, 0.5) is 73.2 Å². The number of amides is 5. The highest BCUT2D eigenvalue weighted by atomic mass is 35.5. The van der Waals surface area contributed by atoms with Gasteiger partial charge in [0.2, 0.25) is 0 Å². The molecule has 0 unspecified atom stereocenters. The SMILES string of the molecule is Cc1cc(C(F)(C(F)(F)F)C(F)(F)F)ccc1NC(=O)c1cccc(C)c1C(=O)NC(C)(C)CS(C)(=O)=O.O=C(NC(=O)c1c(F)cccc1F)Nc1ccc(Oc2ccc(C(F)(F)F)cc2Cl)cc1F. The van der Waals surface area contributed by atoms with Crippen LogP contribution in [0.5, 0.6) is 11.5 Å². The monoisotopic (exact) mass is 1060 g/mol. The van der Waals surface area contributed by atoms with Crippen molar-refractivity contribution in [2.45, 2.75) is 57.4 Å². The van der Waals surface area contributed by atoms with Crippen molar-refractivity contribution >= 4 is 56.6 Å². The van der Waals surface area contributed by atoms with Crippen LogP contribution in [0.25, 0.3) is 0 Å². The number of carbonyl (C=O) groups excluding carboxylic acids is 4. The number of nitrogens with one attached hydrogen (secondary N) is 4. The van der Waals surface area contributed by atoms with Gasteiger partial charge in [-0.3, -0.25) is 19.7 Å². The van der Waals surface area contributed by atoms with Crippen LogP contribution in [-0.2, 0) is 21.7 Å². The fourth-order valence-electron chi connectivity index (χ4n) is 6.50. The molecule has 0 radical (unpaired) electrons. The van der Waals surface area contributed by atoms with Crippen molar-refractivity contribution in [2.75, 3.05) is 22.6 Å². The van der Waals surface area contributed by atoms with Crippen LogP contribution in [0.2, 0.25) is 5.02 Å². The molecule has 5 aromatic rings. The van der Waals surface area contributed by atoms with E-state index in [1.165, 1.54) is 39.0 Å². The Morgan fingerprint density at radius 3 is 1.70 bits per heavy atom. The molecule has 0 atom stereocenters. The van der Waals surface area contributed by atoms with Crippen LogP contribution < -0.4 is 26.0 Å². The van der Waals surface area contributed by atoms with Gasteiger partial charge in [-0.2, -0.15) is 39.5 Å². The highest BCUT2D eigenvalue weighted by Crippen LogP contribution is 2.53. The molecule has 5 amide bonds. The summed E-state index contributed by atoms with van der Waals surface area (Å²) < 4.78 is 201. The van der Waals surface area contributed by atoms with Gasteiger partial charge in [-0.05, 0) is 93.4 Å². The fraction of sp³-hybridized carbons (Fsp3) is 0.244. The molecule has 0 aliphatic carbocycles. The van der Waals surface area contributed by atoms with Gasteiger partial charge in [-0.25, -0.2) is 30.8 Å². The van der Waals surface area contributed by atoms with Crippen molar-refractivity contribution in [3.8, 4) is 11.5 Å². The highest BCUT2D eigenvalue weighted by Gasteiger charge is 2.73. The second kappa shape index (κ2) is 21.2. The van der Waals surface area contributed by atoms with E-state index in [-0.39, 0.29) is 45.0 Å². The second-order valence-corrected chi connectivity index (χ2v) is 18.5. The van der Waals surface area contributed by atoms with E-state index >= 15 is 0 Å². The first-order chi connectivity index (χ1) is 32.5. The molecule has 71 heavy (non-hydrogen) atoms. The number of urea groups is 1. The minimum Gasteiger partial charge on any atom is -0.456 e. The van der Waals surface area contributed by atoms with Crippen molar-refractivity contribution in [1.29, 1.82) is 0 Å². The van der Waals surface area contributed by atoms with Crippen LogP contribution >= 0.6 is 11.6 Å². The van der Waals surface area contributed by atoms with Crippen molar-refractivity contribution in [1.82, 2.24) is 10.6 Å². The Hall–Kier alpha value is -6.89. The molecule has 0 fully saturated rings. The minimum absolute atomic E-state index is 0.127. The molecule has 0 heterocycles. The number of ether oxygens (including phenoxy) is 1. The van der Waals surface area contributed by atoms with Crippen LogP contribution in [0.3, 0.4) is 0 Å². The Bertz CT molecular complexity index is 2950. The van der Waals surface area contributed by atoms with Crippen molar-refractivity contribution < 1.29 is 89.4 Å². The zero-order chi connectivity index (χ0) is 53.8. The molecule has 0 saturated heterocycles. The van der Waals surface area contributed by atoms with Gasteiger partial charge >= 0.3 is 30.2 Å². The molecule has 382 valence electrons. The van der Waals surface area contributed by atoms with E-state index in [1.807, 2.05) is 5.32 Å². The van der Waals surface area contributed by atoms with Gasteiger partial charge in [-0.1, -0.05) is 41.9 Å². The summed E-state index contributed by atoms with van der Waals surface area (Å²) in [7, 11) is -3.49. The summed E-state index contributed by atoms with van der Waals surface area (Å²) in [4.78, 5) is 49.8. The molecule has 0 saturated carbocycles. The van der Waals surface area contributed by atoms with E-state index in [4.69, 9.17) is 16.3 Å². The first-order valence-corrected chi connectivity index (χ1v) is 22.1. The molecule has 0 aromatic heterocycles. The number of aryl methyl sites for hydroxylation is 2. The van der Waals surface area contributed by atoms with Gasteiger partial charge in [0.1, 0.15) is 44.4 Å². The lowest BCUT2D eigenvalue weighted by Crippen LogP contribution is -2.50.